The Kier molecular flexibility index (Phi) is 9.17. The number of ether oxygens (including phenoxy) is 1. The number of hydrogen-bond acceptors (Lipinski definition) is 5. The lowest BCUT2D eigenvalue weighted by Gasteiger charge is -2.27. The lowest BCUT2D eigenvalue weighted by atomic mass is 10.0. The van der Waals surface area contributed by atoms with Crippen LogP contribution in [0.3, 0.4) is 0 Å². The minimum absolute atomic E-state index is 0.127. The standard InChI is InChI=1S/C24H30Cl2N2O3/c1-17(2)15-30-16-19(29)13-28(12-18-7-3-5-9-22(18)25)14-20-11-24(27-31-20)21-8-4-6-10-23(21)26/h3-10,17,19-20,29H,11-16H2,1-2H3/t19-,20+/m0/s1. The van der Waals surface area contributed by atoms with Crippen LogP contribution in [0.5, 0.6) is 0 Å². The van der Waals surface area contributed by atoms with Gasteiger partial charge in [-0.05, 0) is 23.6 Å². The Balaban J connectivity index is 1.62. The Morgan fingerprint density at radius 2 is 1.81 bits per heavy atom. The average molecular weight is 465 g/mol. The van der Waals surface area contributed by atoms with Gasteiger partial charge in [-0.15, -0.1) is 0 Å². The molecule has 2 aromatic carbocycles. The molecule has 168 valence electrons. The molecule has 0 amide bonds. The van der Waals surface area contributed by atoms with Crippen LogP contribution in [0.25, 0.3) is 0 Å². The molecule has 0 unspecified atom stereocenters. The highest BCUT2D eigenvalue weighted by atomic mass is 35.5. The van der Waals surface area contributed by atoms with E-state index >= 15 is 0 Å². The van der Waals surface area contributed by atoms with Crippen LogP contribution in [0, 0.1) is 5.92 Å². The molecule has 1 aliphatic heterocycles. The summed E-state index contributed by atoms with van der Waals surface area (Å²) in [7, 11) is 0. The molecule has 0 bridgehead atoms. The number of aliphatic hydroxyl groups is 1. The van der Waals surface area contributed by atoms with Gasteiger partial charge in [0.15, 0.2) is 0 Å². The third-order valence-corrected chi connectivity index (χ3v) is 5.66. The maximum atomic E-state index is 10.5. The molecule has 0 radical (unpaired) electrons. The van der Waals surface area contributed by atoms with Crippen LogP contribution in [-0.2, 0) is 16.1 Å². The van der Waals surface area contributed by atoms with Crippen molar-refractivity contribution < 1.29 is 14.7 Å². The highest BCUT2D eigenvalue weighted by Crippen LogP contribution is 2.24. The molecule has 2 atom stereocenters. The fourth-order valence-electron chi connectivity index (χ4n) is 3.53. The van der Waals surface area contributed by atoms with Gasteiger partial charge in [-0.1, -0.05) is 78.6 Å². The second-order valence-corrected chi connectivity index (χ2v) is 9.13. The minimum atomic E-state index is -0.605. The van der Waals surface area contributed by atoms with Gasteiger partial charge in [0.05, 0.1) is 18.4 Å². The van der Waals surface area contributed by atoms with Gasteiger partial charge in [0.25, 0.3) is 0 Å². The van der Waals surface area contributed by atoms with Gasteiger partial charge in [-0.25, -0.2) is 0 Å². The van der Waals surface area contributed by atoms with E-state index in [1.165, 1.54) is 0 Å². The molecule has 0 saturated heterocycles. The van der Waals surface area contributed by atoms with E-state index in [1.807, 2.05) is 48.5 Å². The fraction of sp³-hybridized carbons (Fsp3) is 0.458. The molecule has 5 nitrogen and oxygen atoms in total. The number of hydrogen-bond donors (Lipinski definition) is 1. The van der Waals surface area contributed by atoms with Crippen molar-refractivity contribution >= 4 is 28.9 Å². The van der Waals surface area contributed by atoms with Crippen molar-refractivity contribution in [3.63, 3.8) is 0 Å². The summed E-state index contributed by atoms with van der Waals surface area (Å²) in [4.78, 5) is 7.85. The summed E-state index contributed by atoms with van der Waals surface area (Å²) in [5.41, 5.74) is 2.74. The van der Waals surface area contributed by atoms with E-state index in [0.717, 1.165) is 16.8 Å². The van der Waals surface area contributed by atoms with Gasteiger partial charge in [-0.3, -0.25) is 4.90 Å². The van der Waals surface area contributed by atoms with Gasteiger partial charge in [0.1, 0.15) is 6.10 Å². The average Bonchev–Trinajstić information content (AvgIpc) is 3.18. The number of benzene rings is 2. The lowest BCUT2D eigenvalue weighted by molar-refractivity contribution is -0.00733. The topological polar surface area (TPSA) is 54.3 Å². The highest BCUT2D eigenvalue weighted by molar-refractivity contribution is 6.34. The summed E-state index contributed by atoms with van der Waals surface area (Å²) in [5.74, 6) is 0.429. The quantitative estimate of drug-likeness (QED) is 0.506. The van der Waals surface area contributed by atoms with Gasteiger partial charge in [-0.2, -0.15) is 0 Å². The number of aliphatic hydroxyl groups excluding tert-OH is 1. The van der Waals surface area contributed by atoms with Gasteiger partial charge in [0, 0.05) is 48.3 Å². The molecule has 0 aromatic heterocycles. The van der Waals surface area contributed by atoms with Crippen molar-refractivity contribution in [3.8, 4) is 0 Å². The summed E-state index contributed by atoms with van der Waals surface area (Å²) >= 11 is 12.7. The van der Waals surface area contributed by atoms with E-state index in [9.17, 15) is 5.11 Å². The molecule has 3 rings (SSSR count). The normalized spacial score (nSPS) is 17.1. The molecule has 0 spiro atoms. The molecule has 0 fully saturated rings. The summed E-state index contributed by atoms with van der Waals surface area (Å²) in [6.07, 6.45) is -0.0768. The van der Waals surface area contributed by atoms with Crippen molar-refractivity contribution in [2.45, 2.75) is 39.0 Å². The number of nitrogens with zero attached hydrogens (tertiary/aromatic N) is 2. The Labute approximate surface area is 194 Å². The Morgan fingerprint density at radius 3 is 2.52 bits per heavy atom. The van der Waals surface area contributed by atoms with Crippen LogP contribution in [0.2, 0.25) is 10.0 Å². The van der Waals surface area contributed by atoms with E-state index in [4.69, 9.17) is 32.8 Å². The van der Waals surface area contributed by atoms with Crippen LogP contribution >= 0.6 is 23.2 Å². The number of halogens is 2. The second-order valence-electron chi connectivity index (χ2n) is 8.32. The van der Waals surface area contributed by atoms with Crippen LogP contribution in [0.1, 0.15) is 31.4 Å². The monoisotopic (exact) mass is 464 g/mol. The maximum absolute atomic E-state index is 10.5. The summed E-state index contributed by atoms with van der Waals surface area (Å²) in [5, 5.41) is 16.2. The van der Waals surface area contributed by atoms with Crippen molar-refractivity contribution in [1.82, 2.24) is 4.90 Å². The Bertz CT molecular complexity index is 875. The van der Waals surface area contributed by atoms with E-state index in [2.05, 4.69) is 23.9 Å². The van der Waals surface area contributed by atoms with Crippen LogP contribution in [0.15, 0.2) is 53.7 Å². The first-order valence-corrected chi connectivity index (χ1v) is 11.4. The molecule has 7 heteroatoms. The third-order valence-electron chi connectivity index (χ3n) is 4.96. The third kappa shape index (κ3) is 7.48. The first kappa shape index (κ1) is 24.0. The SMILES string of the molecule is CC(C)COC[C@@H](O)CN(Cc1ccccc1Cl)C[C@H]1CC(c2ccccc2Cl)=NO1. The molecular weight excluding hydrogens is 435 g/mol. The van der Waals surface area contributed by atoms with Gasteiger partial charge in [0.2, 0.25) is 0 Å². The van der Waals surface area contributed by atoms with Gasteiger partial charge < -0.3 is 14.7 Å². The predicted octanol–water partition coefficient (Wildman–Crippen LogP) is 5.02. The number of oxime groups is 1. The fourth-order valence-corrected chi connectivity index (χ4v) is 3.97. The molecule has 0 aliphatic carbocycles. The zero-order chi connectivity index (χ0) is 22.2. The number of rotatable bonds is 11. The van der Waals surface area contributed by atoms with Crippen LogP contribution in [-0.4, -0.2) is 54.2 Å². The molecule has 0 saturated carbocycles. The van der Waals surface area contributed by atoms with Crippen molar-refractivity contribution in [1.29, 1.82) is 0 Å². The highest BCUT2D eigenvalue weighted by Gasteiger charge is 2.27. The molecule has 31 heavy (non-hydrogen) atoms. The van der Waals surface area contributed by atoms with E-state index in [1.54, 1.807) is 0 Å². The molecule has 1 heterocycles. The Hall–Kier alpha value is -1.63. The summed E-state index contributed by atoms with van der Waals surface area (Å²) in [6.45, 7) is 6.75. The molecule has 1 N–H and O–H groups in total. The smallest absolute Gasteiger partial charge is 0.145 e. The second kappa shape index (κ2) is 11.8. The van der Waals surface area contributed by atoms with Gasteiger partial charge >= 0.3 is 0 Å². The first-order chi connectivity index (χ1) is 14.9. The zero-order valence-corrected chi connectivity index (χ0v) is 19.5. The van der Waals surface area contributed by atoms with E-state index in [0.29, 0.717) is 55.2 Å². The predicted molar refractivity (Wildman–Crippen MR) is 126 cm³/mol. The van der Waals surface area contributed by atoms with Crippen molar-refractivity contribution in [3.05, 3.63) is 69.7 Å². The van der Waals surface area contributed by atoms with Crippen LogP contribution < -0.4 is 0 Å². The van der Waals surface area contributed by atoms with Crippen LogP contribution in [0.4, 0.5) is 0 Å². The summed E-state index contributed by atoms with van der Waals surface area (Å²) < 4.78 is 5.62. The molecule has 2 aromatic rings. The first-order valence-electron chi connectivity index (χ1n) is 10.6. The minimum Gasteiger partial charge on any atom is -0.390 e. The van der Waals surface area contributed by atoms with E-state index < -0.39 is 6.10 Å². The van der Waals surface area contributed by atoms with E-state index in [-0.39, 0.29) is 6.10 Å². The molecular formula is C24H30Cl2N2O3. The van der Waals surface area contributed by atoms with Crippen molar-refractivity contribution in [2.75, 3.05) is 26.3 Å². The maximum Gasteiger partial charge on any atom is 0.145 e. The molecule has 1 aliphatic rings. The summed E-state index contributed by atoms with van der Waals surface area (Å²) in [6, 6.07) is 15.4. The van der Waals surface area contributed by atoms with Crippen molar-refractivity contribution in [2.24, 2.45) is 11.1 Å². The zero-order valence-electron chi connectivity index (χ0n) is 18.0. The Morgan fingerprint density at radius 1 is 1.10 bits per heavy atom. The largest absolute Gasteiger partial charge is 0.390 e. The lowest BCUT2D eigenvalue weighted by Crippen LogP contribution is -2.39.